The molecule has 0 amide bonds. The van der Waals surface area contributed by atoms with E-state index in [0.717, 1.165) is 23.6 Å². The van der Waals surface area contributed by atoms with Gasteiger partial charge in [0, 0.05) is 10.3 Å². The van der Waals surface area contributed by atoms with Gasteiger partial charge < -0.3 is 0 Å². The Labute approximate surface area is 87.5 Å². The van der Waals surface area contributed by atoms with E-state index in [9.17, 15) is 0 Å². The average Bonchev–Trinajstić information content (AvgIpc) is 2.47. The number of rotatable bonds is 4. The molecule has 0 nitrogen and oxygen atoms in total. The van der Waals surface area contributed by atoms with Crippen LogP contribution in [-0.4, -0.2) is 5.38 Å². The lowest BCUT2D eigenvalue weighted by Crippen LogP contribution is -1.96. The first-order valence-electron chi connectivity index (χ1n) is 4.10. The van der Waals surface area contributed by atoms with Gasteiger partial charge in [0.15, 0.2) is 0 Å². The second-order valence-electron chi connectivity index (χ2n) is 2.75. The van der Waals surface area contributed by atoms with Crippen LogP contribution in [0.25, 0.3) is 0 Å². The zero-order valence-corrected chi connectivity index (χ0v) is 9.35. The molecule has 0 aliphatic rings. The molecule has 0 saturated carbocycles. The van der Waals surface area contributed by atoms with Crippen LogP contribution in [0.15, 0.2) is 12.1 Å². The van der Waals surface area contributed by atoms with Gasteiger partial charge in [0.1, 0.15) is 0 Å². The van der Waals surface area contributed by atoms with E-state index in [1.54, 1.807) is 11.3 Å². The van der Waals surface area contributed by atoms with Crippen LogP contribution in [0.5, 0.6) is 0 Å². The monoisotopic (exact) mass is 222 g/mol. The summed E-state index contributed by atoms with van der Waals surface area (Å²) in [6, 6.07) is 4.02. The van der Waals surface area contributed by atoms with Crippen molar-refractivity contribution in [2.24, 2.45) is 0 Å². The molecule has 0 spiro atoms. The highest BCUT2D eigenvalue weighted by molar-refractivity contribution is 7.16. The Kier molecular flexibility index (Phi) is 4.41. The Morgan fingerprint density at radius 3 is 2.75 bits per heavy atom. The van der Waals surface area contributed by atoms with Gasteiger partial charge in [0.2, 0.25) is 0 Å². The Morgan fingerprint density at radius 1 is 1.50 bits per heavy atom. The van der Waals surface area contributed by atoms with Gasteiger partial charge in [-0.2, -0.15) is 0 Å². The molecule has 12 heavy (non-hydrogen) atoms. The highest BCUT2D eigenvalue weighted by Gasteiger charge is 2.03. The number of alkyl halides is 1. The summed E-state index contributed by atoms with van der Waals surface area (Å²) >= 11 is 13.4. The standard InChI is InChI=1S/C9H12Cl2S/c1-2-7(10)3-4-8-5-6-9(11)12-8/h5-7H,2-4H2,1H3. The predicted octanol–water partition coefficient (Wildman–Crippen LogP) is 4.35. The minimum absolute atomic E-state index is 0.311. The highest BCUT2D eigenvalue weighted by atomic mass is 35.5. The second-order valence-corrected chi connectivity index (χ2v) is 5.17. The topological polar surface area (TPSA) is 0 Å². The van der Waals surface area contributed by atoms with Crippen molar-refractivity contribution >= 4 is 34.5 Å². The number of hydrogen-bond acceptors (Lipinski definition) is 1. The molecule has 0 N–H and O–H groups in total. The Bertz CT molecular complexity index is 232. The first kappa shape index (κ1) is 10.4. The van der Waals surface area contributed by atoms with Gasteiger partial charge in [-0.05, 0) is 31.4 Å². The van der Waals surface area contributed by atoms with Gasteiger partial charge in [-0.3, -0.25) is 0 Å². The van der Waals surface area contributed by atoms with Crippen LogP contribution in [0.1, 0.15) is 24.6 Å². The fourth-order valence-corrected chi connectivity index (χ4v) is 2.20. The summed E-state index contributed by atoms with van der Waals surface area (Å²) in [5.41, 5.74) is 0. The van der Waals surface area contributed by atoms with Crippen LogP contribution >= 0.6 is 34.5 Å². The van der Waals surface area contributed by atoms with Crippen molar-refractivity contribution in [3.05, 3.63) is 21.3 Å². The molecule has 1 aromatic heterocycles. The lowest BCUT2D eigenvalue weighted by molar-refractivity contribution is 0.732. The van der Waals surface area contributed by atoms with Gasteiger partial charge in [0.25, 0.3) is 0 Å². The molecule has 1 unspecified atom stereocenters. The maximum absolute atomic E-state index is 5.99. The molecule has 0 aromatic carbocycles. The fourth-order valence-electron chi connectivity index (χ4n) is 0.989. The van der Waals surface area contributed by atoms with Crippen LogP contribution in [-0.2, 0) is 6.42 Å². The quantitative estimate of drug-likeness (QED) is 0.665. The molecule has 3 heteroatoms. The molecule has 0 radical (unpaired) electrons. The summed E-state index contributed by atoms with van der Waals surface area (Å²) in [4.78, 5) is 1.33. The van der Waals surface area contributed by atoms with Crippen LogP contribution in [0.2, 0.25) is 4.34 Å². The smallest absolute Gasteiger partial charge is 0.0931 e. The Hall–Kier alpha value is 0.280. The summed E-state index contributed by atoms with van der Waals surface area (Å²) in [5.74, 6) is 0. The molecule has 0 fully saturated rings. The summed E-state index contributed by atoms with van der Waals surface area (Å²) in [5, 5.41) is 0.311. The van der Waals surface area contributed by atoms with Crippen LogP contribution in [0.4, 0.5) is 0 Å². The lowest BCUT2D eigenvalue weighted by atomic mass is 10.2. The number of thiophene rings is 1. The maximum atomic E-state index is 5.99. The minimum atomic E-state index is 0.311. The van der Waals surface area contributed by atoms with E-state index in [1.165, 1.54) is 4.88 Å². The van der Waals surface area contributed by atoms with E-state index < -0.39 is 0 Å². The molecule has 1 rings (SSSR count). The largest absolute Gasteiger partial charge is 0.128 e. The fraction of sp³-hybridized carbons (Fsp3) is 0.556. The van der Waals surface area contributed by atoms with E-state index in [4.69, 9.17) is 23.2 Å². The summed E-state index contributed by atoms with van der Waals surface area (Å²) in [7, 11) is 0. The summed E-state index contributed by atoms with van der Waals surface area (Å²) in [6.07, 6.45) is 3.15. The van der Waals surface area contributed by atoms with Crippen molar-refractivity contribution in [2.45, 2.75) is 31.6 Å². The molecule has 0 aliphatic heterocycles. The lowest BCUT2D eigenvalue weighted by Gasteiger charge is -2.03. The van der Waals surface area contributed by atoms with Crippen molar-refractivity contribution in [1.29, 1.82) is 0 Å². The first-order chi connectivity index (χ1) is 5.72. The molecule has 0 aliphatic carbocycles. The van der Waals surface area contributed by atoms with Gasteiger partial charge in [0.05, 0.1) is 4.34 Å². The summed E-state index contributed by atoms with van der Waals surface area (Å²) in [6.45, 7) is 2.11. The molecule has 1 atom stereocenters. The number of hydrogen-bond donors (Lipinski definition) is 0. The molecule has 1 aromatic rings. The first-order valence-corrected chi connectivity index (χ1v) is 5.73. The van der Waals surface area contributed by atoms with Crippen molar-refractivity contribution in [3.8, 4) is 0 Å². The third kappa shape index (κ3) is 3.34. The van der Waals surface area contributed by atoms with Crippen molar-refractivity contribution in [1.82, 2.24) is 0 Å². The molecule has 68 valence electrons. The maximum Gasteiger partial charge on any atom is 0.0931 e. The molecule has 0 bridgehead atoms. The van der Waals surface area contributed by atoms with E-state index >= 15 is 0 Å². The molecular weight excluding hydrogens is 211 g/mol. The number of aryl methyl sites for hydroxylation is 1. The SMILES string of the molecule is CCC(Cl)CCc1ccc(Cl)s1. The van der Waals surface area contributed by atoms with E-state index in [2.05, 4.69) is 13.0 Å². The highest BCUT2D eigenvalue weighted by Crippen LogP contribution is 2.23. The summed E-state index contributed by atoms with van der Waals surface area (Å²) < 4.78 is 0.868. The predicted molar refractivity (Wildman–Crippen MR) is 57.6 cm³/mol. The average molecular weight is 223 g/mol. The molecule has 0 saturated heterocycles. The normalized spacial score (nSPS) is 13.2. The minimum Gasteiger partial charge on any atom is -0.128 e. The van der Waals surface area contributed by atoms with Crippen molar-refractivity contribution < 1.29 is 0 Å². The molecular formula is C9H12Cl2S. The van der Waals surface area contributed by atoms with Crippen molar-refractivity contribution in [3.63, 3.8) is 0 Å². The Balaban J connectivity index is 2.33. The van der Waals surface area contributed by atoms with Gasteiger partial charge in [-0.1, -0.05) is 18.5 Å². The van der Waals surface area contributed by atoms with Gasteiger partial charge >= 0.3 is 0 Å². The third-order valence-electron chi connectivity index (χ3n) is 1.78. The third-order valence-corrected chi connectivity index (χ3v) is 3.59. The molecule has 1 heterocycles. The van der Waals surface area contributed by atoms with E-state index in [0.29, 0.717) is 5.38 Å². The Morgan fingerprint density at radius 2 is 2.25 bits per heavy atom. The van der Waals surface area contributed by atoms with Crippen LogP contribution in [0.3, 0.4) is 0 Å². The van der Waals surface area contributed by atoms with Gasteiger partial charge in [-0.25, -0.2) is 0 Å². The van der Waals surface area contributed by atoms with Crippen LogP contribution < -0.4 is 0 Å². The zero-order chi connectivity index (χ0) is 8.97. The van der Waals surface area contributed by atoms with Crippen molar-refractivity contribution in [2.75, 3.05) is 0 Å². The number of halogens is 2. The van der Waals surface area contributed by atoms with Gasteiger partial charge in [-0.15, -0.1) is 22.9 Å². The van der Waals surface area contributed by atoms with E-state index in [-0.39, 0.29) is 0 Å². The zero-order valence-electron chi connectivity index (χ0n) is 7.02. The van der Waals surface area contributed by atoms with E-state index in [1.807, 2.05) is 6.07 Å². The van der Waals surface area contributed by atoms with Crippen LogP contribution in [0, 0.1) is 0 Å². The second kappa shape index (κ2) is 5.11.